The van der Waals surface area contributed by atoms with E-state index in [4.69, 9.17) is 27.8 Å². The molecule has 0 aliphatic carbocycles. The van der Waals surface area contributed by atoms with Crippen LogP contribution < -0.4 is 0 Å². The molecule has 0 atom stereocenters. The fourth-order valence-corrected chi connectivity index (χ4v) is 1.01. The Hall–Kier alpha value is 0.490. The maximum Gasteiger partial charge on any atom is 0.272 e. The van der Waals surface area contributed by atoms with Crippen molar-refractivity contribution in [1.82, 2.24) is 0 Å². The number of rotatable bonds is 2. The molecule has 0 radical (unpaired) electrons. The number of alkyl halides is 2. The Balaban J connectivity index is 4.76. The molecule has 0 bridgehead atoms. The van der Waals surface area contributed by atoms with Crippen LogP contribution in [0.25, 0.3) is 0 Å². The fourth-order valence-electron chi connectivity index (χ4n) is 0.113. The lowest BCUT2D eigenvalue weighted by Crippen LogP contribution is -2.37. The first-order valence-corrected chi connectivity index (χ1v) is 4.76. The van der Waals surface area contributed by atoms with Crippen molar-refractivity contribution in [3.05, 3.63) is 0 Å². The quantitative estimate of drug-likeness (QED) is 0.550. The summed E-state index contributed by atoms with van der Waals surface area (Å²) in [5.74, 6) is 0. The highest BCUT2D eigenvalue weighted by atomic mass is 35.5. The number of hydrogen-bond donors (Lipinski definition) is 1. The molecule has 0 saturated heterocycles. The SMILES string of the molecule is CC(C)(C(Cl)Cl)S(=O)(=O)O. The second-order valence-corrected chi connectivity index (χ2v) is 5.48. The minimum atomic E-state index is -4.17. The van der Waals surface area contributed by atoms with E-state index in [9.17, 15) is 8.42 Å². The van der Waals surface area contributed by atoms with E-state index in [0.717, 1.165) is 0 Å². The predicted molar refractivity (Wildman–Crippen MR) is 41.1 cm³/mol. The highest BCUT2D eigenvalue weighted by molar-refractivity contribution is 7.87. The zero-order valence-corrected chi connectivity index (χ0v) is 7.83. The molecule has 0 aromatic heterocycles. The van der Waals surface area contributed by atoms with Crippen LogP contribution in [0.15, 0.2) is 0 Å². The zero-order chi connectivity index (χ0) is 8.58. The molecule has 62 valence electrons. The van der Waals surface area contributed by atoms with Crippen molar-refractivity contribution in [2.45, 2.75) is 23.4 Å². The van der Waals surface area contributed by atoms with Gasteiger partial charge in [0.15, 0.2) is 0 Å². The Morgan fingerprint density at radius 1 is 1.40 bits per heavy atom. The summed E-state index contributed by atoms with van der Waals surface area (Å²) in [6.45, 7) is 2.49. The highest BCUT2D eigenvalue weighted by Gasteiger charge is 2.39. The monoisotopic (exact) mass is 206 g/mol. The van der Waals surface area contributed by atoms with Crippen molar-refractivity contribution < 1.29 is 13.0 Å². The van der Waals surface area contributed by atoms with Gasteiger partial charge in [0.05, 0.1) is 0 Å². The first kappa shape index (κ1) is 10.5. The van der Waals surface area contributed by atoms with Crippen LogP contribution in [0, 0.1) is 0 Å². The van der Waals surface area contributed by atoms with Gasteiger partial charge < -0.3 is 0 Å². The van der Waals surface area contributed by atoms with Crippen LogP contribution in [0.3, 0.4) is 0 Å². The van der Waals surface area contributed by atoms with E-state index in [-0.39, 0.29) is 0 Å². The summed E-state index contributed by atoms with van der Waals surface area (Å²) in [4.78, 5) is -1.14. The maximum absolute atomic E-state index is 10.5. The Morgan fingerprint density at radius 2 is 1.70 bits per heavy atom. The normalized spacial score (nSPS) is 14.2. The fraction of sp³-hybridized carbons (Fsp3) is 1.00. The van der Waals surface area contributed by atoms with Gasteiger partial charge in [-0.05, 0) is 13.8 Å². The van der Waals surface area contributed by atoms with E-state index in [0.29, 0.717) is 0 Å². The van der Waals surface area contributed by atoms with E-state index < -0.39 is 19.7 Å². The van der Waals surface area contributed by atoms with Crippen molar-refractivity contribution in [1.29, 1.82) is 0 Å². The summed E-state index contributed by atoms with van der Waals surface area (Å²) in [7, 11) is -4.17. The number of halogens is 2. The van der Waals surface area contributed by atoms with Gasteiger partial charge in [-0.15, -0.1) is 23.2 Å². The molecule has 0 amide bonds. The summed E-state index contributed by atoms with van der Waals surface area (Å²) >= 11 is 10.6. The topological polar surface area (TPSA) is 54.4 Å². The van der Waals surface area contributed by atoms with Gasteiger partial charge in [-0.1, -0.05) is 0 Å². The third-order valence-electron chi connectivity index (χ3n) is 1.19. The Morgan fingerprint density at radius 3 is 1.70 bits per heavy atom. The van der Waals surface area contributed by atoms with E-state index in [2.05, 4.69) is 0 Å². The van der Waals surface area contributed by atoms with Crippen LogP contribution in [0.5, 0.6) is 0 Å². The Labute approximate surface area is 70.1 Å². The Kier molecular flexibility index (Phi) is 2.99. The van der Waals surface area contributed by atoms with Gasteiger partial charge in [0.25, 0.3) is 10.1 Å². The summed E-state index contributed by atoms with van der Waals surface area (Å²) in [5.41, 5.74) is 0. The minimum absolute atomic E-state index is 1.14. The van der Waals surface area contributed by atoms with Gasteiger partial charge in [0.1, 0.15) is 9.58 Å². The van der Waals surface area contributed by atoms with Crippen molar-refractivity contribution in [2.24, 2.45) is 0 Å². The van der Waals surface area contributed by atoms with Gasteiger partial charge in [-0.2, -0.15) is 8.42 Å². The first-order valence-electron chi connectivity index (χ1n) is 2.45. The van der Waals surface area contributed by atoms with Gasteiger partial charge in [-0.25, -0.2) is 0 Å². The second kappa shape index (κ2) is 2.85. The largest absolute Gasteiger partial charge is 0.285 e. The Bertz CT molecular complexity index is 207. The van der Waals surface area contributed by atoms with Gasteiger partial charge in [0, 0.05) is 0 Å². The predicted octanol–water partition coefficient (Wildman–Crippen LogP) is 1.46. The summed E-state index contributed by atoms with van der Waals surface area (Å²) in [6, 6.07) is 0. The summed E-state index contributed by atoms with van der Waals surface area (Å²) in [5, 5.41) is 0. The standard InChI is InChI=1S/C4H8Cl2O3S/c1-4(2,3(5)6)10(7,8)9/h3H,1-2H3,(H,7,8,9). The molecule has 3 nitrogen and oxygen atoms in total. The average molecular weight is 207 g/mol. The molecular weight excluding hydrogens is 199 g/mol. The van der Waals surface area contributed by atoms with Crippen molar-refractivity contribution in [3.8, 4) is 0 Å². The van der Waals surface area contributed by atoms with E-state index in [1.807, 2.05) is 0 Å². The van der Waals surface area contributed by atoms with E-state index in [1.165, 1.54) is 13.8 Å². The lowest BCUT2D eigenvalue weighted by atomic mass is 10.2. The molecule has 0 aromatic rings. The molecular formula is C4H8Cl2O3S. The molecule has 0 aliphatic heterocycles. The lowest BCUT2D eigenvalue weighted by Gasteiger charge is -2.21. The first-order chi connectivity index (χ1) is 4.19. The van der Waals surface area contributed by atoms with Crippen LogP contribution >= 0.6 is 23.2 Å². The van der Waals surface area contributed by atoms with Crippen molar-refractivity contribution in [3.63, 3.8) is 0 Å². The average Bonchev–Trinajstić information content (AvgIpc) is 1.62. The van der Waals surface area contributed by atoms with Crippen LogP contribution in [0.2, 0.25) is 0 Å². The summed E-state index contributed by atoms with van der Waals surface area (Å²) < 4.78 is 28.0. The third kappa shape index (κ3) is 1.99. The zero-order valence-electron chi connectivity index (χ0n) is 5.51. The minimum Gasteiger partial charge on any atom is -0.285 e. The second-order valence-electron chi connectivity index (χ2n) is 2.38. The maximum atomic E-state index is 10.5. The lowest BCUT2D eigenvalue weighted by molar-refractivity contribution is 0.447. The van der Waals surface area contributed by atoms with Gasteiger partial charge >= 0.3 is 0 Å². The van der Waals surface area contributed by atoms with Crippen molar-refractivity contribution >= 4 is 33.3 Å². The molecule has 0 heterocycles. The third-order valence-corrected chi connectivity index (χ3v) is 4.11. The molecule has 0 saturated carbocycles. The molecule has 0 unspecified atom stereocenters. The number of hydrogen-bond acceptors (Lipinski definition) is 2. The van der Waals surface area contributed by atoms with E-state index in [1.54, 1.807) is 0 Å². The van der Waals surface area contributed by atoms with E-state index >= 15 is 0 Å². The molecule has 0 spiro atoms. The molecule has 0 aliphatic rings. The molecule has 1 N–H and O–H groups in total. The highest BCUT2D eigenvalue weighted by Crippen LogP contribution is 2.26. The van der Waals surface area contributed by atoms with Gasteiger partial charge in [-0.3, -0.25) is 4.55 Å². The van der Waals surface area contributed by atoms with Crippen LogP contribution in [-0.2, 0) is 10.1 Å². The molecule has 0 aromatic carbocycles. The summed E-state index contributed by atoms with van der Waals surface area (Å²) in [6.07, 6.45) is 0. The van der Waals surface area contributed by atoms with Crippen LogP contribution in [0.4, 0.5) is 0 Å². The molecule has 10 heavy (non-hydrogen) atoms. The molecule has 0 rings (SSSR count). The molecule has 0 fully saturated rings. The van der Waals surface area contributed by atoms with Crippen molar-refractivity contribution in [2.75, 3.05) is 0 Å². The molecule has 6 heteroatoms. The smallest absolute Gasteiger partial charge is 0.272 e. The van der Waals surface area contributed by atoms with Crippen LogP contribution in [-0.4, -0.2) is 22.6 Å². The van der Waals surface area contributed by atoms with Gasteiger partial charge in [0.2, 0.25) is 0 Å². The van der Waals surface area contributed by atoms with Crippen LogP contribution in [0.1, 0.15) is 13.8 Å².